The fraction of sp³-hybridized carbons (Fsp3) is 1.00. The summed E-state index contributed by atoms with van der Waals surface area (Å²) in [5.41, 5.74) is 0. The maximum absolute atomic E-state index is 9.75. The number of aliphatic hydroxyl groups is 1. The third-order valence-electron chi connectivity index (χ3n) is 3.67. The number of nitrogens with zero attached hydrogens (tertiary/aromatic N) is 1. The van der Waals surface area contributed by atoms with Gasteiger partial charge in [-0.05, 0) is 38.0 Å². The molecule has 3 atom stereocenters. The van der Waals surface area contributed by atoms with Gasteiger partial charge in [0.2, 0.25) is 0 Å². The molecule has 2 rings (SSSR count). The van der Waals surface area contributed by atoms with Crippen molar-refractivity contribution in [1.82, 2.24) is 4.90 Å². The van der Waals surface area contributed by atoms with E-state index in [4.69, 9.17) is 0 Å². The zero-order chi connectivity index (χ0) is 9.97. The van der Waals surface area contributed by atoms with Crippen molar-refractivity contribution in [2.75, 3.05) is 25.1 Å². The van der Waals surface area contributed by atoms with Gasteiger partial charge in [-0.1, -0.05) is 6.42 Å². The number of hydrogen-bond donors (Lipinski definition) is 1. The first-order chi connectivity index (χ1) is 6.77. The Kier molecular flexibility index (Phi) is 3.74. The molecule has 3 unspecified atom stereocenters. The van der Waals surface area contributed by atoms with Crippen LogP contribution in [0.2, 0.25) is 0 Å². The first kappa shape index (κ1) is 10.8. The van der Waals surface area contributed by atoms with Gasteiger partial charge in [0.15, 0.2) is 0 Å². The quantitative estimate of drug-likeness (QED) is 0.773. The predicted molar refractivity (Wildman–Crippen MR) is 61.7 cm³/mol. The summed E-state index contributed by atoms with van der Waals surface area (Å²) in [4.78, 5) is 2.47. The molecule has 82 valence electrons. The first-order valence-electron chi connectivity index (χ1n) is 5.73. The minimum Gasteiger partial charge on any atom is -0.393 e. The monoisotopic (exact) mass is 215 g/mol. The summed E-state index contributed by atoms with van der Waals surface area (Å²) in [6.07, 6.45) is 4.79. The summed E-state index contributed by atoms with van der Waals surface area (Å²) in [5.74, 6) is 3.16. The molecular weight excluding hydrogens is 194 g/mol. The molecule has 14 heavy (non-hydrogen) atoms. The molecule has 0 amide bonds. The van der Waals surface area contributed by atoms with E-state index >= 15 is 0 Å². The molecular formula is C11H21NOS. The van der Waals surface area contributed by atoms with Gasteiger partial charge in [0.25, 0.3) is 0 Å². The largest absolute Gasteiger partial charge is 0.393 e. The Morgan fingerprint density at radius 1 is 1.36 bits per heavy atom. The Hall–Kier alpha value is 0.270. The van der Waals surface area contributed by atoms with Gasteiger partial charge in [-0.2, -0.15) is 11.8 Å². The second-order valence-corrected chi connectivity index (χ2v) is 5.87. The van der Waals surface area contributed by atoms with Crippen LogP contribution in [0.1, 0.15) is 25.7 Å². The van der Waals surface area contributed by atoms with Crippen LogP contribution in [0, 0.1) is 5.92 Å². The van der Waals surface area contributed by atoms with E-state index in [1.807, 2.05) is 0 Å². The van der Waals surface area contributed by atoms with Crippen LogP contribution in [0.25, 0.3) is 0 Å². The Balaban J connectivity index is 1.78. The lowest BCUT2D eigenvalue weighted by Gasteiger charge is -2.27. The summed E-state index contributed by atoms with van der Waals surface area (Å²) in [6, 6.07) is 0.771. The number of rotatable bonds is 3. The van der Waals surface area contributed by atoms with Crippen LogP contribution >= 0.6 is 11.8 Å². The normalized spacial score (nSPS) is 38.4. The van der Waals surface area contributed by atoms with Crippen molar-refractivity contribution in [2.24, 2.45) is 5.92 Å². The van der Waals surface area contributed by atoms with Crippen LogP contribution in [0.4, 0.5) is 0 Å². The van der Waals surface area contributed by atoms with Gasteiger partial charge >= 0.3 is 0 Å². The Bertz CT molecular complexity index is 182. The van der Waals surface area contributed by atoms with E-state index in [9.17, 15) is 5.11 Å². The summed E-state index contributed by atoms with van der Waals surface area (Å²) < 4.78 is 0. The van der Waals surface area contributed by atoms with Crippen LogP contribution in [-0.2, 0) is 0 Å². The van der Waals surface area contributed by atoms with Crippen LogP contribution in [0.3, 0.4) is 0 Å². The van der Waals surface area contributed by atoms with Gasteiger partial charge in [-0.15, -0.1) is 0 Å². The molecule has 0 aromatic carbocycles. The third-order valence-corrected chi connectivity index (χ3v) is 4.82. The second kappa shape index (κ2) is 4.86. The van der Waals surface area contributed by atoms with Gasteiger partial charge < -0.3 is 10.0 Å². The molecule has 1 aliphatic heterocycles. The minimum absolute atomic E-state index is 0.0218. The molecule has 2 fully saturated rings. The molecule has 0 spiro atoms. The molecule has 0 aromatic rings. The highest BCUT2D eigenvalue weighted by molar-refractivity contribution is 7.99. The van der Waals surface area contributed by atoms with E-state index in [-0.39, 0.29) is 6.10 Å². The fourth-order valence-corrected chi connectivity index (χ4v) is 3.92. The highest BCUT2D eigenvalue weighted by Gasteiger charge is 2.29. The number of hydrogen-bond acceptors (Lipinski definition) is 3. The van der Waals surface area contributed by atoms with Crippen LogP contribution < -0.4 is 0 Å². The Labute approximate surface area is 91.1 Å². The van der Waals surface area contributed by atoms with Gasteiger partial charge in [0.1, 0.15) is 0 Å². The molecule has 1 saturated carbocycles. The van der Waals surface area contributed by atoms with Crippen molar-refractivity contribution in [1.29, 1.82) is 0 Å². The molecule has 0 radical (unpaired) electrons. The lowest BCUT2D eigenvalue weighted by Crippen LogP contribution is -2.37. The van der Waals surface area contributed by atoms with Crippen molar-refractivity contribution in [2.45, 2.75) is 37.8 Å². The Morgan fingerprint density at radius 2 is 2.21 bits per heavy atom. The van der Waals surface area contributed by atoms with Crippen molar-refractivity contribution in [3.63, 3.8) is 0 Å². The smallest absolute Gasteiger partial charge is 0.0580 e. The maximum atomic E-state index is 9.75. The molecule has 2 nitrogen and oxygen atoms in total. The number of thioether (sulfide) groups is 1. The van der Waals surface area contributed by atoms with Gasteiger partial charge in [0, 0.05) is 18.3 Å². The van der Waals surface area contributed by atoms with E-state index in [1.165, 1.54) is 30.8 Å². The van der Waals surface area contributed by atoms with Crippen molar-refractivity contribution in [3.05, 3.63) is 0 Å². The van der Waals surface area contributed by atoms with Gasteiger partial charge in [-0.25, -0.2) is 0 Å². The molecule has 1 aliphatic carbocycles. The van der Waals surface area contributed by atoms with E-state index < -0.39 is 0 Å². The first-order valence-corrected chi connectivity index (χ1v) is 6.89. The van der Waals surface area contributed by atoms with Crippen LogP contribution in [0.15, 0.2) is 0 Å². The van der Waals surface area contributed by atoms with Crippen molar-refractivity contribution < 1.29 is 5.11 Å². The SMILES string of the molecule is CN(CC1CCCC1O)C1CCSC1. The third kappa shape index (κ3) is 2.44. The topological polar surface area (TPSA) is 23.5 Å². The molecule has 0 bridgehead atoms. The van der Waals surface area contributed by atoms with E-state index in [0.717, 1.165) is 19.0 Å². The average Bonchev–Trinajstić information content (AvgIpc) is 2.77. The predicted octanol–water partition coefficient (Wildman–Crippen LogP) is 1.58. The van der Waals surface area contributed by atoms with E-state index in [2.05, 4.69) is 23.7 Å². The van der Waals surface area contributed by atoms with E-state index in [1.54, 1.807) is 0 Å². The Morgan fingerprint density at radius 3 is 2.79 bits per heavy atom. The minimum atomic E-state index is -0.0218. The lowest BCUT2D eigenvalue weighted by molar-refractivity contribution is 0.100. The average molecular weight is 215 g/mol. The number of aliphatic hydroxyl groups excluding tert-OH is 1. The maximum Gasteiger partial charge on any atom is 0.0580 e. The van der Waals surface area contributed by atoms with Crippen LogP contribution in [0.5, 0.6) is 0 Å². The highest BCUT2D eigenvalue weighted by atomic mass is 32.2. The molecule has 1 heterocycles. The van der Waals surface area contributed by atoms with Crippen molar-refractivity contribution >= 4 is 11.8 Å². The zero-order valence-electron chi connectivity index (χ0n) is 8.98. The summed E-state index contributed by atoms with van der Waals surface area (Å²) in [6.45, 7) is 1.10. The fourth-order valence-electron chi connectivity index (χ4n) is 2.62. The molecule has 2 aliphatic rings. The van der Waals surface area contributed by atoms with Gasteiger partial charge in [0.05, 0.1) is 6.10 Å². The lowest BCUT2D eigenvalue weighted by atomic mass is 10.0. The summed E-state index contributed by atoms with van der Waals surface area (Å²) in [5, 5.41) is 9.75. The summed E-state index contributed by atoms with van der Waals surface area (Å²) in [7, 11) is 2.22. The highest BCUT2D eigenvalue weighted by Crippen LogP contribution is 2.28. The van der Waals surface area contributed by atoms with Gasteiger partial charge in [-0.3, -0.25) is 0 Å². The molecule has 3 heteroatoms. The standard InChI is InChI=1S/C11H21NOS/c1-12(10-5-6-14-8-10)7-9-3-2-4-11(9)13/h9-11,13H,2-8H2,1H3. The second-order valence-electron chi connectivity index (χ2n) is 4.72. The van der Waals surface area contributed by atoms with Crippen molar-refractivity contribution in [3.8, 4) is 0 Å². The van der Waals surface area contributed by atoms with E-state index in [0.29, 0.717) is 5.92 Å². The molecule has 0 aromatic heterocycles. The zero-order valence-corrected chi connectivity index (χ0v) is 9.80. The molecule has 1 N–H and O–H groups in total. The van der Waals surface area contributed by atoms with Crippen LogP contribution in [-0.4, -0.2) is 47.3 Å². The summed E-state index contributed by atoms with van der Waals surface area (Å²) >= 11 is 2.07. The molecule has 1 saturated heterocycles.